The van der Waals surface area contributed by atoms with Crippen molar-refractivity contribution in [1.82, 2.24) is 9.13 Å². The highest BCUT2D eigenvalue weighted by molar-refractivity contribution is 6.11. The van der Waals surface area contributed by atoms with E-state index in [1.807, 2.05) is 30.3 Å². The Morgan fingerprint density at radius 2 is 0.925 bits per heavy atom. The highest BCUT2D eigenvalue weighted by Gasteiger charge is 2.42. The molecule has 2 heterocycles. The highest BCUT2D eigenvalue weighted by Crippen LogP contribution is 2.57. The minimum Gasteiger partial charge on any atom is -0.344 e. The normalized spacial score (nSPS) is 12.3. The average Bonchev–Trinajstić information content (AvgIpc) is 4.08. The summed E-state index contributed by atoms with van der Waals surface area (Å²) < 4.78 is 20.9. The number of para-hydroxylation sites is 2. The Hall–Kier alpha value is -8.99. The summed E-state index contributed by atoms with van der Waals surface area (Å²) in [4.78, 5) is 2.16. The van der Waals surface area contributed by atoms with E-state index in [0.29, 0.717) is 5.69 Å². The number of halogens is 1. The zero-order valence-electron chi connectivity index (χ0n) is 47.5. The fourth-order valence-corrected chi connectivity index (χ4v) is 12.9. The van der Waals surface area contributed by atoms with Gasteiger partial charge >= 0.3 is 0 Å². The first kappa shape index (κ1) is 51.7. The predicted octanol–water partition coefficient (Wildman–Crippen LogP) is 21.2. The Morgan fingerprint density at radius 3 is 1.60 bits per heavy atom. The Bertz CT molecular complexity index is 4450. The molecule has 0 aliphatic heterocycles. The molecule has 0 fully saturated rings. The fourth-order valence-electron chi connectivity index (χ4n) is 12.9. The number of anilines is 3. The van der Waals surface area contributed by atoms with E-state index < -0.39 is 0 Å². The smallest absolute Gasteiger partial charge is 0.147 e. The lowest BCUT2D eigenvalue weighted by atomic mass is 9.73. The van der Waals surface area contributed by atoms with Crippen LogP contribution in [0, 0.1) is 47.4 Å². The van der Waals surface area contributed by atoms with Gasteiger partial charge in [-0.15, -0.1) is 0 Å². The summed E-state index contributed by atoms with van der Waals surface area (Å²) in [5.74, 6) is -0.246. The summed E-state index contributed by atoms with van der Waals surface area (Å²) in [7, 11) is 2.13. The van der Waals surface area contributed by atoms with Crippen LogP contribution in [0.3, 0.4) is 0 Å². The lowest BCUT2D eigenvalue weighted by Crippen LogP contribution is -2.24. The molecule has 394 valence electrons. The van der Waals surface area contributed by atoms with Gasteiger partial charge in [0.1, 0.15) is 5.82 Å². The number of benzene rings is 11. The summed E-state index contributed by atoms with van der Waals surface area (Å²) in [5.41, 5.74) is 23.7. The van der Waals surface area contributed by atoms with E-state index in [4.69, 9.17) is 0 Å². The second-order valence-corrected chi connectivity index (χ2v) is 22.2. The maximum Gasteiger partial charge on any atom is 0.147 e. The summed E-state index contributed by atoms with van der Waals surface area (Å²) >= 11 is 0. The standard InChI is InChI=1S/C42H38FN.C20H17N.C14H13N/c1-6-42(7-2)36-24-27(3)17-19-35(36)41-34-16-12-11-15-33(34)39(26-37(41)42)44(32-22-28(4)21-29(5)23-32)40-25-31(18-20-38(40)43)30-13-9-8-10-14-30;1-14-7-10-16(11-8-14)21-19-6-4-3-5-17(19)18-12-9-15(2)13-20(18)21;1-10-7-8-12-11-5-3-4-6-13(11)15(2)14(12)9-10/h8-26H,6-7H2,1-5H3;3-13H,1-2H3;3-9H,1-2H3. The maximum absolute atomic E-state index is 16.3. The van der Waals surface area contributed by atoms with Crippen molar-refractivity contribution >= 4 is 71.4 Å². The molecule has 0 unspecified atom stereocenters. The summed E-state index contributed by atoms with van der Waals surface area (Å²) in [6.45, 7) is 17.4. The van der Waals surface area contributed by atoms with E-state index in [1.165, 1.54) is 99.2 Å². The molecule has 3 nitrogen and oxygen atoms in total. The van der Waals surface area contributed by atoms with Gasteiger partial charge in [0, 0.05) is 61.8 Å². The Labute approximate surface area is 470 Å². The Morgan fingerprint density at radius 1 is 0.388 bits per heavy atom. The van der Waals surface area contributed by atoms with Crippen molar-refractivity contribution in [2.45, 2.75) is 73.6 Å². The van der Waals surface area contributed by atoms with Crippen LogP contribution in [0.4, 0.5) is 21.5 Å². The van der Waals surface area contributed by atoms with Crippen LogP contribution in [0.5, 0.6) is 0 Å². The van der Waals surface area contributed by atoms with Gasteiger partial charge in [-0.1, -0.05) is 183 Å². The molecule has 1 aliphatic carbocycles. The van der Waals surface area contributed by atoms with Gasteiger partial charge in [0.15, 0.2) is 0 Å². The molecule has 0 N–H and O–H groups in total. The van der Waals surface area contributed by atoms with Crippen molar-refractivity contribution in [3.05, 3.63) is 275 Å². The number of hydrogen-bond donors (Lipinski definition) is 0. The number of aromatic nitrogens is 2. The summed E-state index contributed by atoms with van der Waals surface area (Å²) in [6, 6.07) is 79.5. The van der Waals surface area contributed by atoms with E-state index in [-0.39, 0.29) is 11.2 Å². The largest absolute Gasteiger partial charge is 0.344 e. The van der Waals surface area contributed by atoms with E-state index in [2.05, 4.69) is 265 Å². The van der Waals surface area contributed by atoms with Crippen LogP contribution >= 0.6 is 0 Å². The first-order chi connectivity index (χ1) is 38.8. The second kappa shape index (κ2) is 21.0. The van der Waals surface area contributed by atoms with Gasteiger partial charge in [-0.05, 0) is 182 Å². The third-order valence-electron chi connectivity index (χ3n) is 16.9. The minimum atomic E-state index is -0.246. The first-order valence-electron chi connectivity index (χ1n) is 28.3. The molecule has 13 aromatic rings. The van der Waals surface area contributed by atoms with Crippen molar-refractivity contribution in [2.75, 3.05) is 4.90 Å². The molecule has 2 aromatic heterocycles. The van der Waals surface area contributed by atoms with Crippen molar-refractivity contribution in [1.29, 1.82) is 0 Å². The molecule has 4 heteroatoms. The number of hydrogen-bond acceptors (Lipinski definition) is 1. The highest BCUT2D eigenvalue weighted by atomic mass is 19.1. The molecule has 0 radical (unpaired) electrons. The molecular weight excluding hydrogens is 974 g/mol. The van der Waals surface area contributed by atoms with Gasteiger partial charge in [-0.25, -0.2) is 4.39 Å². The van der Waals surface area contributed by atoms with Crippen molar-refractivity contribution in [3.63, 3.8) is 0 Å². The quantitative estimate of drug-likeness (QED) is 0.155. The Kier molecular flexibility index (Phi) is 13.6. The molecule has 0 spiro atoms. The SMILES string of the molecule is CCC1(CC)c2cc(C)ccc2-c2c1cc(N(c1cc(C)cc(C)c1)c1cc(-c3ccccc3)ccc1F)c1ccccc21.Cc1ccc(-n2c3ccccc3c3ccc(C)cc32)cc1.Cc1ccc2c3ccccc3n(C)c2c1. The molecule has 11 aromatic carbocycles. The molecule has 80 heavy (non-hydrogen) atoms. The van der Waals surface area contributed by atoms with E-state index in [0.717, 1.165) is 51.9 Å². The molecule has 0 saturated heterocycles. The number of fused-ring (bicyclic) bond motifs is 11. The summed E-state index contributed by atoms with van der Waals surface area (Å²) in [5, 5.41) is 7.64. The van der Waals surface area contributed by atoms with Crippen LogP contribution < -0.4 is 4.90 Å². The van der Waals surface area contributed by atoms with Crippen molar-refractivity contribution < 1.29 is 4.39 Å². The van der Waals surface area contributed by atoms with E-state index >= 15 is 4.39 Å². The molecule has 0 amide bonds. The van der Waals surface area contributed by atoms with Crippen molar-refractivity contribution in [3.8, 4) is 27.9 Å². The van der Waals surface area contributed by atoms with Gasteiger partial charge in [-0.3, -0.25) is 0 Å². The average molecular weight is 1040 g/mol. The minimum absolute atomic E-state index is 0.117. The number of aryl methyl sites for hydroxylation is 7. The zero-order valence-corrected chi connectivity index (χ0v) is 47.5. The van der Waals surface area contributed by atoms with Gasteiger partial charge in [0.25, 0.3) is 0 Å². The van der Waals surface area contributed by atoms with Gasteiger partial charge in [0.2, 0.25) is 0 Å². The lowest BCUT2D eigenvalue weighted by Gasteiger charge is -2.33. The molecule has 14 rings (SSSR count). The summed E-state index contributed by atoms with van der Waals surface area (Å²) in [6.07, 6.45) is 1.98. The molecule has 0 atom stereocenters. The van der Waals surface area contributed by atoms with Crippen LogP contribution in [0.15, 0.2) is 224 Å². The van der Waals surface area contributed by atoms with Crippen LogP contribution in [0.2, 0.25) is 0 Å². The number of nitrogens with zero attached hydrogens (tertiary/aromatic N) is 3. The van der Waals surface area contributed by atoms with Crippen LogP contribution in [-0.2, 0) is 12.5 Å². The Balaban J connectivity index is 0.000000144. The molecule has 0 bridgehead atoms. The third-order valence-corrected chi connectivity index (χ3v) is 16.9. The topological polar surface area (TPSA) is 13.1 Å². The van der Waals surface area contributed by atoms with Crippen LogP contribution in [0.1, 0.15) is 71.2 Å². The third kappa shape index (κ3) is 9.03. The van der Waals surface area contributed by atoms with Gasteiger partial charge in [-0.2, -0.15) is 0 Å². The van der Waals surface area contributed by atoms with E-state index in [1.54, 1.807) is 6.07 Å². The second-order valence-electron chi connectivity index (χ2n) is 22.2. The van der Waals surface area contributed by atoms with Gasteiger partial charge < -0.3 is 14.0 Å². The number of rotatable bonds is 7. The molecular formula is C76H68FN3. The van der Waals surface area contributed by atoms with E-state index in [9.17, 15) is 0 Å². The zero-order chi connectivity index (χ0) is 55.4. The maximum atomic E-state index is 16.3. The van der Waals surface area contributed by atoms with Crippen LogP contribution in [0.25, 0.3) is 82.3 Å². The van der Waals surface area contributed by atoms with Gasteiger partial charge in [0.05, 0.1) is 22.4 Å². The monoisotopic (exact) mass is 1040 g/mol. The van der Waals surface area contributed by atoms with Crippen molar-refractivity contribution in [2.24, 2.45) is 7.05 Å². The predicted molar refractivity (Wildman–Crippen MR) is 340 cm³/mol. The fraction of sp³-hybridized carbons (Fsp3) is 0.158. The lowest BCUT2D eigenvalue weighted by molar-refractivity contribution is 0.490. The molecule has 0 saturated carbocycles. The molecule has 1 aliphatic rings. The van der Waals surface area contributed by atoms with Crippen LogP contribution in [-0.4, -0.2) is 9.13 Å². The first-order valence-corrected chi connectivity index (χ1v) is 28.3.